The summed E-state index contributed by atoms with van der Waals surface area (Å²) < 4.78 is 0. The molecule has 3 fully saturated rings. The van der Waals surface area contributed by atoms with Gasteiger partial charge in [0.15, 0.2) is 0 Å². The molecular formula is C27H44O4. The zero-order valence-electron chi connectivity index (χ0n) is 20.0. The Labute approximate surface area is 188 Å². The summed E-state index contributed by atoms with van der Waals surface area (Å²) in [6.07, 6.45) is 11.8. The number of allylic oxidation sites excluding steroid dienone is 4. The van der Waals surface area contributed by atoms with E-state index in [1.165, 1.54) is 11.1 Å². The molecule has 0 bridgehead atoms. The number of aliphatic hydroxyl groups is 4. The van der Waals surface area contributed by atoms with Crippen LogP contribution in [0, 0.1) is 17.3 Å². The molecule has 4 nitrogen and oxygen atoms in total. The minimum Gasteiger partial charge on any atom is -0.393 e. The van der Waals surface area contributed by atoms with Gasteiger partial charge in [-0.15, -0.1) is 0 Å². The third-order valence-corrected chi connectivity index (χ3v) is 8.29. The van der Waals surface area contributed by atoms with E-state index in [0.717, 1.165) is 50.5 Å². The largest absolute Gasteiger partial charge is 0.393 e. The lowest BCUT2D eigenvalue weighted by Crippen LogP contribution is -2.47. The average Bonchev–Trinajstić information content (AvgIpc) is 2.98. The molecule has 4 heteroatoms. The smallest absolute Gasteiger partial charge is 0.0677 e. The standard InChI is InChI=1S/C27H44O4/c1-18-8-11-21(28)15-20(18)10-9-19-7-6-14-26(4)23(19)12-13-24(26)27(5,31)17-22(29)16-25(2,3)30/h9-10,21-24,28-31H,1,6-8,11-17H2,2-5H3. The van der Waals surface area contributed by atoms with Crippen molar-refractivity contribution < 1.29 is 20.4 Å². The summed E-state index contributed by atoms with van der Waals surface area (Å²) in [5, 5.41) is 42.1. The topological polar surface area (TPSA) is 80.9 Å². The molecule has 3 saturated carbocycles. The van der Waals surface area contributed by atoms with E-state index in [1.807, 2.05) is 6.92 Å². The van der Waals surface area contributed by atoms with Crippen LogP contribution in [0.2, 0.25) is 0 Å². The monoisotopic (exact) mass is 432 g/mol. The lowest BCUT2D eigenvalue weighted by atomic mass is 9.59. The molecule has 3 rings (SSSR count). The maximum absolute atomic E-state index is 11.5. The Balaban J connectivity index is 1.76. The van der Waals surface area contributed by atoms with Crippen molar-refractivity contribution in [1.29, 1.82) is 0 Å². The first-order valence-corrected chi connectivity index (χ1v) is 12.2. The summed E-state index contributed by atoms with van der Waals surface area (Å²) in [4.78, 5) is 0. The van der Waals surface area contributed by atoms with Crippen LogP contribution in [-0.2, 0) is 0 Å². The van der Waals surface area contributed by atoms with Crippen LogP contribution in [0.3, 0.4) is 0 Å². The van der Waals surface area contributed by atoms with Crippen LogP contribution < -0.4 is 0 Å². The molecule has 6 unspecified atom stereocenters. The number of hydrogen-bond acceptors (Lipinski definition) is 4. The van der Waals surface area contributed by atoms with Crippen molar-refractivity contribution >= 4 is 0 Å². The van der Waals surface area contributed by atoms with Gasteiger partial charge in [0.05, 0.1) is 23.4 Å². The molecule has 0 spiro atoms. The van der Waals surface area contributed by atoms with Gasteiger partial charge >= 0.3 is 0 Å². The normalized spacial score (nSPS) is 37.7. The molecule has 6 atom stereocenters. The number of fused-ring (bicyclic) bond motifs is 1. The highest BCUT2D eigenvalue weighted by Gasteiger charge is 2.55. The fourth-order valence-corrected chi connectivity index (χ4v) is 6.92. The second-order valence-corrected chi connectivity index (χ2v) is 11.7. The summed E-state index contributed by atoms with van der Waals surface area (Å²) in [5.41, 5.74) is 1.90. The van der Waals surface area contributed by atoms with E-state index in [0.29, 0.717) is 18.8 Å². The molecular weight excluding hydrogens is 388 g/mol. The number of rotatable bonds is 6. The second kappa shape index (κ2) is 9.13. The van der Waals surface area contributed by atoms with E-state index in [2.05, 4.69) is 25.7 Å². The van der Waals surface area contributed by atoms with Gasteiger partial charge in [-0.1, -0.05) is 36.8 Å². The fraction of sp³-hybridized carbons (Fsp3) is 0.778. The number of hydrogen-bond donors (Lipinski definition) is 4. The molecule has 0 aromatic carbocycles. The van der Waals surface area contributed by atoms with E-state index < -0.39 is 17.3 Å². The maximum Gasteiger partial charge on any atom is 0.0677 e. The molecule has 4 N–H and O–H groups in total. The fourth-order valence-electron chi connectivity index (χ4n) is 6.92. The van der Waals surface area contributed by atoms with Crippen molar-refractivity contribution in [2.45, 2.75) is 115 Å². The van der Waals surface area contributed by atoms with Gasteiger partial charge in [-0.05, 0) is 95.0 Å². The SMILES string of the molecule is C=C1CCC(O)CC1=CC=C1CCCC2(C)C1CCC2C(C)(O)CC(O)CC(C)(C)O. The molecule has 176 valence electrons. The van der Waals surface area contributed by atoms with Crippen molar-refractivity contribution in [3.8, 4) is 0 Å². The van der Waals surface area contributed by atoms with Gasteiger partial charge in [-0.2, -0.15) is 0 Å². The van der Waals surface area contributed by atoms with Crippen LogP contribution in [0.5, 0.6) is 0 Å². The van der Waals surface area contributed by atoms with Crippen molar-refractivity contribution in [3.63, 3.8) is 0 Å². The molecule has 0 aromatic rings. The third kappa shape index (κ3) is 5.71. The summed E-state index contributed by atoms with van der Waals surface area (Å²) in [7, 11) is 0. The van der Waals surface area contributed by atoms with Gasteiger partial charge in [0.25, 0.3) is 0 Å². The molecule has 0 amide bonds. The second-order valence-electron chi connectivity index (χ2n) is 11.7. The van der Waals surface area contributed by atoms with Crippen LogP contribution >= 0.6 is 0 Å². The van der Waals surface area contributed by atoms with Crippen LogP contribution in [0.4, 0.5) is 0 Å². The maximum atomic E-state index is 11.5. The van der Waals surface area contributed by atoms with Crippen LogP contribution in [0.25, 0.3) is 0 Å². The first-order valence-electron chi connectivity index (χ1n) is 12.2. The highest BCUT2D eigenvalue weighted by molar-refractivity contribution is 5.36. The molecule has 0 aromatic heterocycles. The molecule has 3 aliphatic carbocycles. The Morgan fingerprint density at radius 2 is 1.81 bits per heavy atom. The molecule has 0 saturated heterocycles. The lowest BCUT2D eigenvalue weighted by Gasteiger charge is -2.47. The van der Waals surface area contributed by atoms with Gasteiger partial charge in [-0.3, -0.25) is 0 Å². The summed E-state index contributed by atoms with van der Waals surface area (Å²) in [6, 6.07) is 0. The van der Waals surface area contributed by atoms with Gasteiger partial charge in [0.1, 0.15) is 0 Å². The van der Waals surface area contributed by atoms with Crippen molar-refractivity contribution in [2.75, 3.05) is 0 Å². The molecule has 3 aliphatic rings. The average molecular weight is 433 g/mol. The Morgan fingerprint density at radius 1 is 1.10 bits per heavy atom. The van der Waals surface area contributed by atoms with Gasteiger partial charge in [0.2, 0.25) is 0 Å². The minimum absolute atomic E-state index is 0.0175. The predicted molar refractivity (Wildman–Crippen MR) is 125 cm³/mol. The van der Waals surface area contributed by atoms with E-state index >= 15 is 0 Å². The summed E-state index contributed by atoms with van der Waals surface area (Å²) in [5.74, 6) is 0.576. The summed E-state index contributed by atoms with van der Waals surface area (Å²) >= 11 is 0. The van der Waals surface area contributed by atoms with Crippen molar-refractivity contribution in [1.82, 2.24) is 0 Å². The first kappa shape index (κ1) is 24.7. The minimum atomic E-state index is -0.961. The number of aliphatic hydroxyl groups excluding tert-OH is 2. The first-order chi connectivity index (χ1) is 14.3. The summed E-state index contributed by atoms with van der Waals surface area (Å²) in [6.45, 7) is 11.8. The highest BCUT2D eigenvalue weighted by atomic mass is 16.3. The molecule has 31 heavy (non-hydrogen) atoms. The van der Waals surface area contributed by atoms with Gasteiger partial charge < -0.3 is 20.4 Å². The zero-order valence-corrected chi connectivity index (χ0v) is 20.0. The van der Waals surface area contributed by atoms with Gasteiger partial charge in [-0.25, -0.2) is 0 Å². The molecule has 0 heterocycles. The highest BCUT2D eigenvalue weighted by Crippen LogP contribution is 2.60. The Bertz CT molecular complexity index is 726. The lowest BCUT2D eigenvalue weighted by molar-refractivity contribution is -0.0940. The van der Waals surface area contributed by atoms with E-state index in [4.69, 9.17) is 0 Å². The van der Waals surface area contributed by atoms with E-state index in [-0.39, 0.29) is 23.9 Å². The Morgan fingerprint density at radius 3 is 2.48 bits per heavy atom. The third-order valence-electron chi connectivity index (χ3n) is 8.29. The Hall–Kier alpha value is -0.940. The van der Waals surface area contributed by atoms with Crippen LogP contribution in [0.15, 0.2) is 35.5 Å². The van der Waals surface area contributed by atoms with Crippen LogP contribution in [-0.4, -0.2) is 43.8 Å². The van der Waals surface area contributed by atoms with Gasteiger partial charge in [0, 0.05) is 12.8 Å². The van der Waals surface area contributed by atoms with Crippen molar-refractivity contribution in [2.24, 2.45) is 17.3 Å². The Kier molecular flexibility index (Phi) is 7.27. The molecule has 0 aliphatic heterocycles. The van der Waals surface area contributed by atoms with Crippen LogP contribution in [0.1, 0.15) is 91.9 Å². The quantitative estimate of drug-likeness (QED) is 0.485. The zero-order chi connectivity index (χ0) is 23.0. The molecule has 0 radical (unpaired) electrons. The predicted octanol–water partition coefficient (Wildman–Crippen LogP) is 4.82. The van der Waals surface area contributed by atoms with Crippen molar-refractivity contribution in [3.05, 3.63) is 35.5 Å². The van der Waals surface area contributed by atoms with E-state index in [9.17, 15) is 20.4 Å². The van der Waals surface area contributed by atoms with E-state index in [1.54, 1.807) is 13.8 Å².